The van der Waals surface area contributed by atoms with Crippen molar-refractivity contribution in [2.75, 3.05) is 10.6 Å². The zero-order valence-corrected chi connectivity index (χ0v) is 19.9. The van der Waals surface area contributed by atoms with Crippen molar-refractivity contribution in [1.82, 2.24) is 15.3 Å². The molecule has 8 nitrogen and oxygen atoms in total. The number of benzene rings is 1. The van der Waals surface area contributed by atoms with Crippen LogP contribution < -0.4 is 16.0 Å². The number of alkyl halides is 3. The first kappa shape index (κ1) is 25.7. The zero-order valence-electron chi connectivity index (χ0n) is 19.1. The lowest BCUT2D eigenvalue weighted by atomic mass is 9.91. The molecule has 3 N–H and O–H groups in total. The van der Waals surface area contributed by atoms with Gasteiger partial charge in [0.15, 0.2) is 9.84 Å². The van der Waals surface area contributed by atoms with Crippen LogP contribution in [0.4, 0.5) is 30.6 Å². The molecule has 0 atom stereocenters. The summed E-state index contributed by atoms with van der Waals surface area (Å²) in [4.78, 5) is 19.0. The third-order valence-corrected chi connectivity index (χ3v) is 7.84. The van der Waals surface area contributed by atoms with E-state index in [0.29, 0.717) is 19.0 Å². The van der Waals surface area contributed by atoms with Crippen LogP contribution in [-0.2, 0) is 20.8 Å². The fourth-order valence-electron chi connectivity index (χ4n) is 3.81. The fraction of sp³-hybridized carbons (Fsp3) is 0.500. The highest BCUT2D eigenvalue weighted by Gasteiger charge is 2.36. The van der Waals surface area contributed by atoms with Gasteiger partial charge in [0.05, 0.1) is 15.8 Å². The van der Waals surface area contributed by atoms with Crippen LogP contribution in [0.2, 0.25) is 0 Å². The van der Waals surface area contributed by atoms with Crippen LogP contribution in [0.15, 0.2) is 35.4 Å². The summed E-state index contributed by atoms with van der Waals surface area (Å²) in [7, 11) is -3.76. The minimum absolute atomic E-state index is 0.00200. The lowest BCUT2D eigenvalue weighted by molar-refractivity contribution is -0.137. The highest BCUT2D eigenvalue weighted by Crippen LogP contribution is 2.37. The quantitative estimate of drug-likeness (QED) is 0.521. The Morgan fingerprint density at radius 3 is 2.29 bits per heavy atom. The predicted octanol–water partition coefficient (Wildman–Crippen LogP) is 4.28. The monoisotopic (exact) mass is 499 g/mol. The third kappa shape index (κ3) is 6.16. The Bertz CT molecular complexity index is 1130. The van der Waals surface area contributed by atoms with Crippen LogP contribution in [0.1, 0.15) is 52.0 Å². The summed E-state index contributed by atoms with van der Waals surface area (Å²) in [6, 6.07) is 5.79. The van der Waals surface area contributed by atoms with Gasteiger partial charge in [0.2, 0.25) is 11.9 Å². The molecule has 2 aromatic rings. The first-order chi connectivity index (χ1) is 15.9. The third-order valence-electron chi connectivity index (χ3n) is 5.63. The molecular weight excluding hydrogens is 471 g/mol. The van der Waals surface area contributed by atoms with Gasteiger partial charge in [0.25, 0.3) is 0 Å². The molecule has 0 saturated heterocycles. The largest absolute Gasteiger partial charge is 0.421 e. The van der Waals surface area contributed by atoms with Crippen molar-refractivity contribution in [2.24, 2.45) is 0 Å². The van der Waals surface area contributed by atoms with E-state index in [-0.39, 0.29) is 34.5 Å². The molecule has 1 amide bonds. The van der Waals surface area contributed by atoms with Crippen molar-refractivity contribution in [3.8, 4) is 0 Å². The van der Waals surface area contributed by atoms with Crippen molar-refractivity contribution in [1.29, 1.82) is 0 Å². The molecule has 12 heteroatoms. The molecular formula is C22H28F3N5O3S. The molecule has 186 valence electrons. The van der Waals surface area contributed by atoms with Crippen molar-refractivity contribution in [3.63, 3.8) is 0 Å². The summed E-state index contributed by atoms with van der Waals surface area (Å²) in [6.07, 6.45) is -1.24. The lowest BCUT2D eigenvalue weighted by Crippen LogP contribution is -2.39. The van der Waals surface area contributed by atoms with Gasteiger partial charge in [-0.25, -0.2) is 13.4 Å². The van der Waals surface area contributed by atoms with Gasteiger partial charge in [-0.1, -0.05) is 12.1 Å². The Kier molecular flexibility index (Phi) is 7.69. The maximum absolute atomic E-state index is 13.7. The second-order valence-electron chi connectivity index (χ2n) is 8.56. The average Bonchev–Trinajstić information content (AvgIpc) is 2.74. The maximum Gasteiger partial charge on any atom is 0.421 e. The molecule has 1 saturated carbocycles. The van der Waals surface area contributed by atoms with E-state index in [4.69, 9.17) is 0 Å². The summed E-state index contributed by atoms with van der Waals surface area (Å²) in [6.45, 7) is 4.46. The average molecular weight is 500 g/mol. The molecule has 0 spiro atoms. The Morgan fingerprint density at radius 1 is 1.09 bits per heavy atom. The van der Waals surface area contributed by atoms with Gasteiger partial charge in [-0.2, -0.15) is 18.2 Å². The van der Waals surface area contributed by atoms with E-state index in [1.807, 2.05) is 0 Å². The first-order valence-corrected chi connectivity index (χ1v) is 12.5. The number of nitrogens with one attached hydrogen (secondary N) is 3. The number of carbonyl (C=O) groups is 1. The number of para-hydroxylation sites is 1. The predicted molar refractivity (Wildman–Crippen MR) is 123 cm³/mol. The molecule has 0 bridgehead atoms. The molecule has 1 heterocycles. The Hall–Kier alpha value is -2.89. The van der Waals surface area contributed by atoms with Crippen molar-refractivity contribution >= 4 is 33.2 Å². The Labute approximate surface area is 196 Å². The summed E-state index contributed by atoms with van der Waals surface area (Å²) >= 11 is 0. The van der Waals surface area contributed by atoms with Crippen LogP contribution in [-0.4, -0.2) is 41.6 Å². The van der Waals surface area contributed by atoms with Crippen LogP contribution in [0, 0.1) is 0 Å². The van der Waals surface area contributed by atoms with Crippen molar-refractivity contribution in [2.45, 2.75) is 74.9 Å². The minimum atomic E-state index is -4.75. The highest BCUT2D eigenvalue weighted by atomic mass is 32.2. The summed E-state index contributed by atoms with van der Waals surface area (Å²) in [5.74, 6) is -0.635. The lowest BCUT2D eigenvalue weighted by Gasteiger charge is -2.29. The molecule has 3 rings (SSSR count). The van der Waals surface area contributed by atoms with E-state index in [1.54, 1.807) is 0 Å². The number of aromatic nitrogens is 2. The SMILES string of the molecule is CC(=O)N[C@H]1CC[C@H](Nc2ncc(C(F)(F)F)c(Nc3ccccc3S(=O)(=O)C(C)C)n2)CC1. The van der Waals surface area contributed by atoms with Gasteiger partial charge in [-0.05, 0) is 51.7 Å². The number of nitrogens with zero attached hydrogens (tertiary/aromatic N) is 2. The van der Waals surface area contributed by atoms with E-state index in [1.165, 1.54) is 45.0 Å². The van der Waals surface area contributed by atoms with E-state index in [0.717, 1.165) is 12.8 Å². The van der Waals surface area contributed by atoms with Gasteiger partial charge in [0, 0.05) is 25.2 Å². The van der Waals surface area contributed by atoms with E-state index < -0.39 is 32.6 Å². The number of hydrogen-bond donors (Lipinski definition) is 3. The Morgan fingerprint density at radius 2 is 1.71 bits per heavy atom. The Balaban J connectivity index is 1.87. The van der Waals surface area contributed by atoms with Crippen molar-refractivity contribution in [3.05, 3.63) is 36.0 Å². The number of halogens is 3. The van der Waals surface area contributed by atoms with Gasteiger partial charge in [-0.3, -0.25) is 4.79 Å². The number of carbonyl (C=O) groups excluding carboxylic acids is 1. The minimum Gasteiger partial charge on any atom is -0.354 e. The number of anilines is 3. The molecule has 0 aliphatic heterocycles. The van der Waals surface area contributed by atoms with Crippen LogP contribution in [0.5, 0.6) is 0 Å². The number of amides is 1. The van der Waals surface area contributed by atoms with Crippen LogP contribution in [0.3, 0.4) is 0 Å². The van der Waals surface area contributed by atoms with Gasteiger partial charge < -0.3 is 16.0 Å². The van der Waals surface area contributed by atoms with Crippen molar-refractivity contribution < 1.29 is 26.4 Å². The van der Waals surface area contributed by atoms with E-state index in [2.05, 4.69) is 25.9 Å². The van der Waals surface area contributed by atoms with Gasteiger partial charge in [0.1, 0.15) is 11.4 Å². The molecule has 1 aliphatic carbocycles. The maximum atomic E-state index is 13.7. The number of rotatable bonds is 7. The highest BCUT2D eigenvalue weighted by molar-refractivity contribution is 7.92. The molecule has 1 aromatic heterocycles. The molecule has 0 unspecified atom stereocenters. The second kappa shape index (κ2) is 10.2. The van der Waals surface area contributed by atoms with Crippen LogP contribution in [0.25, 0.3) is 0 Å². The topological polar surface area (TPSA) is 113 Å². The fourth-order valence-corrected chi connectivity index (χ4v) is 5.01. The van der Waals surface area contributed by atoms with E-state index in [9.17, 15) is 26.4 Å². The number of sulfone groups is 1. The zero-order chi connectivity index (χ0) is 25.1. The molecule has 1 aliphatic rings. The summed E-state index contributed by atoms with van der Waals surface area (Å²) in [5, 5.41) is 7.75. The number of hydrogen-bond acceptors (Lipinski definition) is 7. The molecule has 0 radical (unpaired) electrons. The van der Waals surface area contributed by atoms with Gasteiger partial charge in [-0.15, -0.1) is 0 Å². The van der Waals surface area contributed by atoms with Crippen LogP contribution >= 0.6 is 0 Å². The molecule has 34 heavy (non-hydrogen) atoms. The normalized spacial score (nSPS) is 19.0. The summed E-state index contributed by atoms with van der Waals surface area (Å²) in [5.41, 5.74) is -1.11. The summed E-state index contributed by atoms with van der Waals surface area (Å²) < 4.78 is 66.4. The molecule has 1 aromatic carbocycles. The van der Waals surface area contributed by atoms with E-state index >= 15 is 0 Å². The smallest absolute Gasteiger partial charge is 0.354 e. The first-order valence-electron chi connectivity index (χ1n) is 11.0. The van der Waals surface area contributed by atoms with Gasteiger partial charge >= 0.3 is 6.18 Å². The second-order valence-corrected chi connectivity index (χ2v) is 11.0. The standard InChI is InChI=1S/C22H28F3N5O3S/c1-13(2)34(32,33)19-7-5-4-6-18(19)29-20-17(22(23,24)25)12-26-21(30-20)28-16-10-8-15(9-11-16)27-14(3)31/h4-7,12-13,15-16H,8-11H2,1-3H3,(H,27,31)(H2,26,28,29,30)/t15-,16-. The molecule has 1 fully saturated rings.